The molecule has 1 aromatic carbocycles. The van der Waals surface area contributed by atoms with Crippen molar-refractivity contribution in [1.82, 2.24) is 19.6 Å². The number of anilines is 2. The van der Waals surface area contributed by atoms with E-state index in [2.05, 4.69) is 38.8 Å². The number of methoxy groups -OCH3 is 1. The molecule has 3 rings (SSSR count). The van der Waals surface area contributed by atoms with Gasteiger partial charge in [0.25, 0.3) is 0 Å². The molecule has 0 radical (unpaired) electrons. The van der Waals surface area contributed by atoms with Gasteiger partial charge in [0.15, 0.2) is 0 Å². The maximum atomic E-state index is 14.7. The van der Waals surface area contributed by atoms with Crippen molar-refractivity contribution in [1.29, 1.82) is 0 Å². The number of halogens is 1. The standard InChI is InChI=1S/C25H37FN6O2S/c1-5-17(3)28-11-6-14-35-32-12-9-18(10-13-32)30-25-29-15-19(24(27)31-25)23(33)21-20(34-4)8-7-16(2)22(21)26/h7-8,15,17-18,28H,5-6,9-14H2,1-4H3,(H3,27,29,30,31). The highest BCUT2D eigenvalue weighted by Crippen LogP contribution is 2.28. The maximum Gasteiger partial charge on any atom is 0.224 e. The Bertz CT molecular complexity index is 1000. The molecule has 1 fully saturated rings. The lowest BCUT2D eigenvalue weighted by atomic mass is 10.0. The number of rotatable bonds is 12. The van der Waals surface area contributed by atoms with Gasteiger partial charge < -0.3 is 21.1 Å². The fourth-order valence-electron chi connectivity index (χ4n) is 3.89. The first-order valence-corrected chi connectivity index (χ1v) is 13.2. The zero-order valence-corrected chi connectivity index (χ0v) is 21.9. The molecular formula is C25H37FN6O2S. The Morgan fingerprint density at radius 2 is 2.11 bits per heavy atom. The molecule has 2 heterocycles. The topological polar surface area (TPSA) is 105 Å². The van der Waals surface area contributed by atoms with Crippen LogP contribution in [0.25, 0.3) is 0 Å². The number of carbonyl (C=O) groups excluding carboxylic acids is 1. The second-order valence-corrected chi connectivity index (χ2v) is 10.1. The van der Waals surface area contributed by atoms with E-state index >= 15 is 0 Å². The van der Waals surface area contributed by atoms with E-state index in [1.807, 2.05) is 11.9 Å². The van der Waals surface area contributed by atoms with Crippen LogP contribution in [-0.4, -0.2) is 64.6 Å². The summed E-state index contributed by atoms with van der Waals surface area (Å²) in [5.74, 6) is 0.413. The van der Waals surface area contributed by atoms with Gasteiger partial charge in [-0.3, -0.25) is 9.10 Å². The lowest BCUT2D eigenvalue weighted by molar-refractivity contribution is 0.103. The molecule has 1 aromatic heterocycles. The third-order valence-corrected chi connectivity index (χ3v) is 7.50. The van der Waals surface area contributed by atoms with Gasteiger partial charge >= 0.3 is 0 Å². The average molecular weight is 505 g/mol. The molecule has 4 N–H and O–H groups in total. The van der Waals surface area contributed by atoms with Crippen molar-refractivity contribution in [2.24, 2.45) is 0 Å². The number of ether oxygens (including phenoxy) is 1. The van der Waals surface area contributed by atoms with Crippen LogP contribution in [0.5, 0.6) is 5.75 Å². The van der Waals surface area contributed by atoms with Crippen LogP contribution in [0, 0.1) is 12.7 Å². The number of carbonyl (C=O) groups is 1. The average Bonchev–Trinajstić information content (AvgIpc) is 2.86. The van der Waals surface area contributed by atoms with E-state index in [0.29, 0.717) is 17.6 Å². The SMILES string of the molecule is CCC(C)NCCCSN1CCC(Nc2ncc(C(=O)c3c(OC)ccc(C)c3F)c(N)n2)CC1. The van der Waals surface area contributed by atoms with Crippen LogP contribution < -0.4 is 21.1 Å². The second-order valence-electron chi connectivity index (χ2n) is 8.89. The zero-order valence-electron chi connectivity index (χ0n) is 21.1. The molecule has 1 aliphatic rings. The molecule has 1 atom stereocenters. The van der Waals surface area contributed by atoms with E-state index < -0.39 is 11.6 Å². The molecule has 0 amide bonds. The van der Waals surface area contributed by atoms with E-state index in [0.717, 1.165) is 51.1 Å². The highest BCUT2D eigenvalue weighted by atomic mass is 32.2. The molecule has 8 nitrogen and oxygen atoms in total. The molecule has 0 saturated carbocycles. The van der Waals surface area contributed by atoms with Gasteiger partial charge in [0.2, 0.25) is 11.7 Å². The van der Waals surface area contributed by atoms with Crippen LogP contribution in [0.4, 0.5) is 16.2 Å². The number of hydrogen-bond acceptors (Lipinski definition) is 9. The minimum Gasteiger partial charge on any atom is -0.496 e. The van der Waals surface area contributed by atoms with Crippen LogP contribution in [0.15, 0.2) is 18.3 Å². The number of hydrogen-bond donors (Lipinski definition) is 3. The minimum atomic E-state index is -0.632. The number of aryl methyl sites for hydroxylation is 1. The van der Waals surface area contributed by atoms with Gasteiger partial charge in [-0.05, 0) is 57.7 Å². The van der Waals surface area contributed by atoms with Crippen LogP contribution in [-0.2, 0) is 0 Å². The first-order chi connectivity index (χ1) is 16.8. The Balaban J connectivity index is 1.52. The summed E-state index contributed by atoms with van der Waals surface area (Å²) >= 11 is 1.91. The number of nitrogens with zero attached hydrogens (tertiary/aromatic N) is 3. The van der Waals surface area contributed by atoms with Gasteiger partial charge in [0, 0.05) is 37.1 Å². The number of aromatic nitrogens is 2. The van der Waals surface area contributed by atoms with Crippen LogP contribution in [0.3, 0.4) is 0 Å². The molecular weight excluding hydrogens is 467 g/mol. The Morgan fingerprint density at radius 1 is 1.37 bits per heavy atom. The maximum absolute atomic E-state index is 14.7. The number of piperidine rings is 1. The highest BCUT2D eigenvalue weighted by molar-refractivity contribution is 7.97. The van der Waals surface area contributed by atoms with Crippen molar-refractivity contribution in [3.8, 4) is 5.75 Å². The summed E-state index contributed by atoms with van der Waals surface area (Å²) in [4.78, 5) is 21.6. The predicted molar refractivity (Wildman–Crippen MR) is 141 cm³/mol. The summed E-state index contributed by atoms with van der Waals surface area (Å²) in [5, 5.41) is 6.86. The normalized spacial score (nSPS) is 15.7. The quantitative estimate of drug-likeness (QED) is 0.224. The fraction of sp³-hybridized carbons (Fsp3) is 0.560. The van der Waals surface area contributed by atoms with Crippen molar-refractivity contribution >= 4 is 29.5 Å². The van der Waals surface area contributed by atoms with Gasteiger partial charge in [-0.25, -0.2) is 9.37 Å². The summed E-state index contributed by atoms with van der Waals surface area (Å²) in [6.07, 6.45) is 5.60. The first kappa shape index (κ1) is 27.2. The number of benzene rings is 1. The second kappa shape index (κ2) is 13.0. The molecule has 1 unspecified atom stereocenters. The molecule has 192 valence electrons. The fourth-order valence-corrected chi connectivity index (χ4v) is 4.89. The van der Waals surface area contributed by atoms with Gasteiger partial charge in [0.05, 0.1) is 12.7 Å². The van der Waals surface area contributed by atoms with Gasteiger partial charge in [-0.15, -0.1) is 0 Å². The third kappa shape index (κ3) is 7.28. The lowest BCUT2D eigenvalue weighted by Gasteiger charge is -2.31. The molecule has 1 saturated heterocycles. The van der Waals surface area contributed by atoms with Gasteiger partial charge in [-0.2, -0.15) is 4.98 Å². The van der Waals surface area contributed by atoms with Gasteiger partial charge in [0.1, 0.15) is 22.9 Å². The van der Waals surface area contributed by atoms with E-state index in [-0.39, 0.29) is 28.7 Å². The van der Waals surface area contributed by atoms with Crippen LogP contribution in [0.1, 0.15) is 61.0 Å². The van der Waals surface area contributed by atoms with Crippen LogP contribution in [0.2, 0.25) is 0 Å². The highest BCUT2D eigenvalue weighted by Gasteiger charge is 2.25. The Hall–Kier alpha value is -2.43. The summed E-state index contributed by atoms with van der Waals surface area (Å²) in [7, 11) is 1.39. The molecule has 10 heteroatoms. The van der Waals surface area contributed by atoms with E-state index in [1.54, 1.807) is 19.1 Å². The smallest absolute Gasteiger partial charge is 0.224 e. The molecule has 1 aliphatic heterocycles. The Labute approximate surface area is 211 Å². The molecule has 0 aliphatic carbocycles. The Kier molecular flexibility index (Phi) is 10.1. The molecule has 2 aromatic rings. The van der Waals surface area contributed by atoms with Crippen molar-refractivity contribution < 1.29 is 13.9 Å². The first-order valence-electron chi connectivity index (χ1n) is 12.2. The minimum absolute atomic E-state index is 0.00875. The predicted octanol–water partition coefficient (Wildman–Crippen LogP) is 4.05. The van der Waals surface area contributed by atoms with Crippen LogP contribution >= 0.6 is 11.9 Å². The third-order valence-electron chi connectivity index (χ3n) is 6.29. The number of nitrogen functional groups attached to an aromatic ring is 1. The monoisotopic (exact) mass is 504 g/mol. The molecule has 0 spiro atoms. The molecule has 35 heavy (non-hydrogen) atoms. The van der Waals surface area contributed by atoms with Crippen molar-refractivity contribution in [3.05, 3.63) is 40.8 Å². The van der Waals surface area contributed by atoms with Gasteiger partial charge in [-0.1, -0.05) is 24.9 Å². The largest absolute Gasteiger partial charge is 0.496 e. The van der Waals surface area contributed by atoms with Crippen molar-refractivity contribution in [2.75, 3.05) is 43.5 Å². The van der Waals surface area contributed by atoms with Crippen molar-refractivity contribution in [2.45, 2.75) is 58.5 Å². The molecule has 0 bridgehead atoms. The summed E-state index contributed by atoms with van der Waals surface area (Å²) in [6.45, 7) is 9.03. The lowest BCUT2D eigenvalue weighted by Crippen LogP contribution is -2.36. The van der Waals surface area contributed by atoms with Crippen molar-refractivity contribution in [3.63, 3.8) is 0 Å². The van der Waals surface area contributed by atoms with E-state index in [9.17, 15) is 9.18 Å². The zero-order chi connectivity index (χ0) is 25.4. The van der Waals surface area contributed by atoms with E-state index in [1.165, 1.54) is 13.3 Å². The number of ketones is 1. The summed E-state index contributed by atoms with van der Waals surface area (Å²) < 4.78 is 22.3. The summed E-state index contributed by atoms with van der Waals surface area (Å²) in [5.41, 5.74) is 6.31. The van der Waals surface area contributed by atoms with E-state index in [4.69, 9.17) is 10.5 Å². The Morgan fingerprint density at radius 3 is 2.77 bits per heavy atom. The number of nitrogens with one attached hydrogen (secondary N) is 2. The summed E-state index contributed by atoms with van der Waals surface area (Å²) in [6, 6.07) is 3.94. The number of nitrogens with two attached hydrogens (primary N) is 1.